The van der Waals surface area contributed by atoms with Gasteiger partial charge in [-0.05, 0) is 42.5 Å². The van der Waals surface area contributed by atoms with Crippen molar-refractivity contribution in [1.82, 2.24) is 5.32 Å². The minimum atomic E-state index is -2.80. The summed E-state index contributed by atoms with van der Waals surface area (Å²) in [6, 6.07) is 6.39. The predicted molar refractivity (Wildman–Crippen MR) is 72.7 cm³/mol. The molecular weight excluding hydrogens is 270 g/mol. The first-order chi connectivity index (χ1) is 8.53. The number of hydrogen-bond donors (Lipinski definition) is 1. The maximum atomic E-state index is 11.4. The maximum absolute atomic E-state index is 11.4. The molecule has 0 bridgehead atoms. The van der Waals surface area contributed by atoms with Crippen LogP contribution in [0.3, 0.4) is 0 Å². The van der Waals surface area contributed by atoms with Gasteiger partial charge in [0.25, 0.3) is 0 Å². The highest BCUT2D eigenvalue weighted by atomic mass is 35.5. The minimum absolute atomic E-state index is 0.113. The molecule has 0 radical (unpaired) electrons. The third kappa shape index (κ3) is 2.42. The van der Waals surface area contributed by atoms with Gasteiger partial charge in [0.05, 0.1) is 11.5 Å². The van der Waals surface area contributed by atoms with Gasteiger partial charge in [-0.25, -0.2) is 8.42 Å². The quantitative estimate of drug-likeness (QED) is 0.905. The zero-order valence-electron chi connectivity index (χ0n) is 10.0. The smallest absolute Gasteiger partial charge is 0.151 e. The topological polar surface area (TPSA) is 46.2 Å². The van der Waals surface area contributed by atoms with E-state index in [9.17, 15) is 8.42 Å². The summed E-state index contributed by atoms with van der Waals surface area (Å²) in [7, 11) is -2.80. The van der Waals surface area contributed by atoms with Crippen LogP contribution in [0.4, 0.5) is 0 Å². The fourth-order valence-electron chi connectivity index (χ4n) is 2.97. The van der Waals surface area contributed by atoms with Crippen LogP contribution in [0.2, 0.25) is 5.02 Å². The lowest BCUT2D eigenvalue weighted by atomic mass is 10.1. The van der Waals surface area contributed by atoms with E-state index in [1.165, 1.54) is 11.1 Å². The summed E-state index contributed by atoms with van der Waals surface area (Å²) in [5.41, 5.74) is 2.57. The van der Waals surface area contributed by atoms with Gasteiger partial charge in [0, 0.05) is 17.1 Å². The number of hydrogen-bond acceptors (Lipinski definition) is 3. The number of fused-ring (bicyclic) bond motifs is 1. The third-order valence-corrected chi connectivity index (χ3v) is 5.86. The number of nitrogens with one attached hydrogen (secondary N) is 1. The molecule has 1 aliphatic heterocycles. The molecule has 3 rings (SSSR count). The van der Waals surface area contributed by atoms with Crippen LogP contribution in [0.15, 0.2) is 18.2 Å². The zero-order chi connectivity index (χ0) is 12.8. The Morgan fingerprint density at radius 3 is 2.83 bits per heavy atom. The second-order valence-corrected chi connectivity index (χ2v) is 7.87. The van der Waals surface area contributed by atoms with E-state index < -0.39 is 9.84 Å². The minimum Gasteiger partial charge on any atom is -0.306 e. The molecule has 2 atom stereocenters. The Balaban J connectivity index is 1.74. The first kappa shape index (κ1) is 12.5. The van der Waals surface area contributed by atoms with Crippen molar-refractivity contribution < 1.29 is 8.42 Å². The molecule has 98 valence electrons. The highest BCUT2D eigenvalue weighted by Gasteiger charge is 2.31. The summed E-state index contributed by atoms with van der Waals surface area (Å²) in [5, 5.41) is 4.26. The number of rotatable bonds is 2. The molecule has 0 amide bonds. The van der Waals surface area contributed by atoms with Gasteiger partial charge in [0.15, 0.2) is 9.84 Å². The molecule has 1 fully saturated rings. The second-order valence-electron chi connectivity index (χ2n) is 5.20. The molecule has 1 saturated heterocycles. The predicted octanol–water partition coefficient (Wildman–Crippen LogP) is 2.10. The first-order valence-electron chi connectivity index (χ1n) is 6.28. The van der Waals surface area contributed by atoms with Crippen LogP contribution in [0.1, 0.15) is 30.0 Å². The molecule has 1 N–H and O–H groups in total. The Bertz CT molecular complexity index is 570. The van der Waals surface area contributed by atoms with Crippen molar-refractivity contribution in [3.63, 3.8) is 0 Å². The summed E-state index contributed by atoms with van der Waals surface area (Å²) < 4.78 is 22.9. The van der Waals surface area contributed by atoms with Gasteiger partial charge in [0.1, 0.15) is 0 Å². The van der Waals surface area contributed by atoms with Gasteiger partial charge >= 0.3 is 0 Å². The lowest BCUT2D eigenvalue weighted by Crippen LogP contribution is -2.32. The molecule has 3 nitrogen and oxygen atoms in total. The second kappa shape index (κ2) is 4.51. The van der Waals surface area contributed by atoms with E-state index in [0.29, 0.717) is 5.75 Å². The van der Waals surface area contributed by atoms with Crippen LogP contribution in [0.5, 0.6) is 0 Å². The largest absolute Gasteiger partial charge is 0.306 e. The standard InChI is InChI=1S/C13H16ClNO2S/c14-10-2-3-12-9(7-10)1-4-13(12)15-11-5-6-18(16,17)8-11/h2-3,7,11,13,15H,1,4-6,8H2. The molecule has 18 heavy (non-hydrogen) atoms. The molecule has 0 saturated carbocycles. The SMILES string of the molecule is O=S1(=O)CCC(NC2CCc3cc(Cl)ccc32)C1. The van der Waals surface area contributed by atoms with Gasteiger partial charge in [0.2, 0.25) is 0 Å². The van der Waals surface area contributed by atoms with E-state index >= 15 is 0 Å². The van der Waals surface area contributed by atoms with Crippen LogP contribution in [0, 0.1) is 0 Å². The van der Waals surface area contributed by atoms with Gasteiger partial charge in [-0.15, -0.1) is 0 Å². The Labute approximate surface area is 112 Å². The van der Waals surface area contributed by atoms with Crippen LogP contribution < -0.4 is 5.32 Å². The molecule has 1 aromatic carbocycles. The summed E-state index contributed by atoms with van der Waals surface area (Å²) in [4.78, 5) is 0. The highest BCUT2D eigenvalue weighted by molar-refractivity contribution is 7.91. The maximum Gasteiger partial charge on any atom is 0.151 e. The first-order valence-corrected chi connectivity index (χ1v) is 8.48. The normalized spacial score (nSPS) is 29.4. The Hall–Kier alpha value is -0.580. The van der Waals surface area contributed by atoms with E-state index in [-0.39, 0.29) is 17.8 Å². The monoisotopic (exact) mass is 285 g/mol. The van der Waals surface area contributed by atoms with Crippen LogP contribution in [0.25, 0.3) is 0 Å². The molecule has 5 heteroatoms. The molecule has 1 heterocycles. The van der Waals surface area contributed by atoms with E-state index in [1.807, 2.05) is 12.1 Å². The molecule has 2 aliphatic rings. The number of sulfone groups is 1. The van der Waals surface area contributed by atoms with E-state index in [0.717, 1.165) is 24.3 Å². The van der Waals surface area contributed by atoms with E-state index in [4.69, 9.17) is 11.6 Å². The average molecular weight is 286 g/mol. The van der Waals surface area contributed by atoms with Gasteiger partial charge in [-0.1, -0.05) is 17.7 Å². The summed E-state index contributed by atoms with van der Waals surface area (Å²) in [6.45, 7) is 0. The lowest BCUT2D eigenvalue weighted by molar-refractivity contribution is 0.458. The lowest BCUT2D eigenvalue weighted by Gasteiger charge is -2.18. The fourth-order valence-corrected chi connectivity index (χ4v) is 4.85. The summed E-state index contributed by atoms with van der Waals surface area (Å²) in [6.07, 6.45) is 2.79. The van der Waals surface area contributed by atoms with Crippen molar-refractivity contribution in [3.8, 4) is 0 Å². The van der Waals surface area contributed by atoms with Crippen molar-refractivity contribution >= 4 is 21.4 Å². The fraction of sp³-hybridized carbons (Fsp3) is 0.538. The number of aryl methyl sites for hydroxylation is 1. The summed E-state index contributed by atoms with van der Waals surface area (Å²) >= 11 is 5.98. The van der Waals surface area contributed by atoms with Crippen LogP contribution in [-0.4, -0.2) is 26.0 Å². The average Bonchev–Trinajstić information content (AvgIpc) is 2.83. The van der Waals surface area contributed by atoms with E-state index in [2.05, 4.69) is 11.4 Å². The van der Waals surface area contributed by atoms with Crippen molar-refractivity contribution in [2.45, 2.75) is 31.3 Å². The van der Waals surface area contributed by atoms with Gasteiger partial charge in [-0.3, -0.25) is 0 Å². The molecule has 2 unspecified atom stereocenters. The van der Waals surface area contributed by atoms with E-state index in [1.54, 1.807) is 0 Å². The number of benzene rings is 1. The summed E-state index contributed by atoms with van der Waals surface area (Å²) in [5.74, 6) is 0.608. The zero-order valence-corrected chi connectivity index (χ0v) is 11.6. The Morgan fingerprint density at radius 2 is 2.11 bits per heavy atom. The van der Waals surface area contributed by atoms with Gasteiger partial charge < -0.3 is 5.32 Å². The molecule has 1 aliphatic carbocycles. The van der Waals surface area contributed by atoms with Crippen molar-refractivity contribution in [2.75, 3.05) is 11.5 Å². The molecule has 0 spiro atoms. The van der Waals surface area contributed by atoms with Gasteiger partial charge in [-0.2, -0.15) is 0 Å². The van der Waals surface area contributed by atoms with Crippen molar-refractivity contribution in [2.24, 2.45) is 0 Å². The molecule has 1 aromatic rings. The van der Waals surface area contributed by atoms with Crippen LogP contribution >= 0.6 is 11.6 Å². The van der Waals surface area contributed by atoms with Crippen molar-refractivity contribution in [3.05, 3.63) is 34.3 Å². The Kier molecular flexibility index (Phi) is 3.12. The third-order valence-electron chi connectivity index (χ3n) is 3.85. The molecule has 0 aromatic heterocycles. The highest BCUT2D eigenvalue weighted by Crippen LogP contribution is 2.33. The van der Waals surface area contributed by atoms with Crippen LogP contribution in [-0.2, 0) is 16.3 Å². The molecular formula is C13H16ClNO2S. The number of halogens is 1. The van der Waals surface area contributed by atoms with Crippen molar-refractivity contribution in [1.29, 1.82) is 0 Å². The Morgan fingerprint density at radius 1 is 1.28 bits per heavy atom.